The maximum absolute atomic E-state index is 13.4. The summed E-state index contributed by atoms with van der Waals surface area (Å²) in [6, 6.07) is 4.43. The fourth-order valence-electron chi connectivity index (χ4n) is 1.18. The van der Waals surface area contributed by atoms with Gasteiger partial charge in [-0.1, -0.05) is 6.07 Å². The molecule has 16 heavy (non-hydrogen) atoms. The average molecular weight is 226 g/mol. The van der Waals surface area contributed by atoms with Crippen molar-refractivity contribution in [3.05, 3.63) is 29.6 Å². The third-order valence-corrected chi connectivity index (χ3v) is 1.96. The van der Waals surface area contributed by atoms with E-state index < -0.39 is 5.82 Å². The predicted molar refractivity (Wildman–Crippen MR) is 58.5 cm³/mol. The molecule has 1 amide bonds. The first-order valence-electron chi connectivity index (χ1n) is 5.05. The Morgan fingerprint density at radius 1 is 1.56 bits per heavy atom. The molecule has 1 aromatic rings. The second-order valence-electron chi connectivity index (χ2n) is 3.21. The summed E-state index contributed by atoms with van der Waals surface area (Å²) in [5.41, 5.74) is 6.04. The molecule has 0 aliphatic rings. The second-order valence-corrected chi connectivity index (χ2v) is 3.21. The zero-order valence-corrected chi connectivity index (χ0v) is 9.13. The number of carbonyl (C=O) groups excluding carboxylic acids is 1. The van der Waals surface area contributed by atoms with Gasteiger partial charge < -0.3 is 15.8 Å². The van der Waals surface area contributed by atoms with Crippen molar-refractivity contribution < 1.29 is 13.9 Å². The summed E-state index contributed by atoms with van der Waals surface area (Å²) in [7, 11) is 0. The highest BCUT2D eigenvalue weighted by molar-refractivity contribution is 5.77. The Hall–Kier alpha value is -1.62. The molecule has 5 heteroatoms. The molecule has 0 aliphatic carbocycles. The van der Waals surface area contributed by atoms with Gasteiger partial charge in [0.15, 0.2) is 18.2 Å². The molecule has 0 heterocycles. The van der Waals surface area contributed by atoms with Gasteiger partial charge in [0.1, 0.15) is 0 Å². The minimum Gasteiger partial charge on any atom is -0.481 e. The van der Waals surface area contributed by atoms with Crippen LogP contribution in [0.4, 0.5) is 4.39 Å². The number of carbonyl (C=O) groups is 1. The minimum absolute atomic E-state index is 0.0588. The van der Waals surface area contributed by atoms with Gasteiger partial charge in [0.05, 0.1) is 0 Å². The minimum atomic E-state index is -0.507. The van der Waals surface area contributed by atoms with Crippen molar-refractivity contribution in [3.63, 3.8) is 0 Å². The summed E-state index contributed by atoms with van der Waals surface area (Å²) >= 11 is 0. The average Bonchev–Trinajstić information content (AvgIpc) is 2.27. The number of amides is 1. The van der Waals surface area contributed by atoms with Crippen molar-refractivity contribution in [2.24, 2.45) is 5.73 Å². The second kappa shape index (κ2) is 6.07. The van der Waals surface area contributed by atoms with E-state index >= 15 is 0 Å². The molecule has 1 rings (SSSR count). The van der Waals surface area contributed by atoms with Crippen LogP contribution in [0.2, 0.25) is 0 Å². The van der Waals surface area contributed by atoms with Crippen molar-refractivity contribution in [2.45, 2.75) is 13.5 Å². The van der Waals surface area contributed by atoms with Gasteiger partial charge in [-0.25, -0.2) is 4.39 Å². The van der Waals surface area contributed by atoms with E-state index in [1.807, 2.05) is 0 Å². The monoisotopic (exact) mass is 226 g/mol. The van der Waals surface area contributed by atoms with Crippen LogP contribution < -0.4 is 15.8 Å². The summed E-state index contributed by atoms with van der Waals surface area (Å²) in [6.45, 7) is 2.41. The van der Waals surface area contributed by atoms with Gasteiger partial charge in [-0.15, -0.1) is 0 Å². The van der Waals surface area contributed by atoms with Crippen LogP contribution in [0.5, 0.6) is 5.75 Å². The molecule has 0 bridgehead atoms. The summed E-state index contributed by atoms with van der Waals surface area (Å²) in [4.78, 5) is 11.1. The Balaban J connectivity index is 2.57. The fraction of sp³-hybridized carbons (Fsp3) is 0.364. The highest BCUT2D eigenvalue weighted by Gasteiger charge is 2.06. The van der Waals surface area contributed by atoms with Crippen LogP contribution >= 0.6 is 0 Å². The van der Waals surface area contributed by atoms with Crippen LogP contribution in [0.1, 0.15) is 12.5 Å². The van der Waals surface area contributed by atoms with Gasteiger partial charge in [-0.2, -0.15) is 0 Å². The van der Waals surface area contributed by atoms with E-state index in [-0.39, 0.29) is 24.8 Å². The third kappa shape index (κ3) is 3.51. The van der Waals surface area contributed by atoms with E-state index in [9.17, 15) is 9.18 Å². The molecule has 1 aromatic carbocycles. The molecule has 0 saturated heterocycles. The smallest absolute Gasteiger partial charge is 0.257 e. The number of ether oxygens (including phenoxy) is 1. The lowest BCUT2D eigenvalue weighted by Gasteiger charge is -2.07. The summed E-state index contributed by atoms with van der Waals surface area (Å²) in [5, 5.41) is 2.55. The first-order valence-corrected chi connectivity index (χ1v) is 5.05. The van der Waals surface area contributed by atoms with E-state index in [2.05, 4.69) is 5.32 Å². The molecule has 0 aromatic heterocycles. The van der Waals surface area contributed by atoms with Crippen LogP contribution in [0, 0.1) is 5.82 Å². The van der Waals surface area contributed by atoms with E-state index in [1.54, 1.807) is 13.0 Å². The standard InChI is InChI=1S/C11H15FN2O2/c1-2-14-11(15)7-16-10-4-3-8(6-13)5-9(10)12/h3-5H,2,6-7,13H2,1H3,(H,14,15). The van der Waals surface area contributed by atoms with Gasteiger partial charge in [-0.05, 0) is 24.6 Å². The number of halogens is 1. The summed E-state index contributed by atoms with van der Waals surface area (Å²) < 4.78 is 18.4. The molecular weight excluding hydrogens is 211 g/mol. The molecular formula is C11H15FN2O2. The highest BCUT2D eigenvalue weighted by Crippen LogP contribution is 2.17. The Labute approximate surface area is 93.6 Å². The molecule has 0 radical (unpaired) electrons. The lowest BCUT2D eigenvalue weighted by molar-refractivity contribution is -0.123. The molecule has 0 atom stereocenters. The van der Waals surface area contributed by atoms with Gasteiger partial charge >= 0.3 is 0 Å². The Kier molecular flexibility index (Phi) is 4.72. The Bertz CT molecular complexity index is 369. The van der Waals surface area contributed by atoms with Crippen LogP contribution in [-0.2, 0) is 11.3 Å². The molecule has 4 nitrogen and oxygen atoms in total. The summed E-state index contributed by atoms with van der Waals surface area (Å²) in [5.74, 6) is -0.722. The van der Waals surface area contributed by atoms with Crippen molar-refractivity contribution in [3.8, 4) is 5.75 Å². The molecule has 0 saturated carbocycles. The van der Waals surface area contributed by atoms with E-state index in [0.717, 1.165) is 0 Å². The van der Waals surface area contributed by atoms with Crippen LogP contribution in [0.25, 0.3) is 0 Å². The number of hydrogen-bond acceptors (Lipinski definition) is 3. The number of hydrogen-bond donors (Lipinski definition) is 2. The lowest BCUT2D eigenvalue weighted by atomic mass is 10.2. The molecule has 0 fully saturated rings. The topological polar surface area (TPSA) is 64.3 Å². The number of benzene rings is 1. The number of nitrogens with two attached hydrogens (primary N) is 1. The Morgan fingerprint density at radius 3 is 2.88 bits per heavy atom. The van der Waals surface area contributed by atoms with Crippen LogP contribution in [0.15, 0.2) is 18.2 Å². The maximum atomic E-state index is 13.4. The maximum Gasteiger partial charge on any atom is 0.257 e. The van der Waals surface area contributed by atoms with E-state index in [1.165, 1.54) is 12.1 Å². The Morgan fingerprint density at radius 2 is 2.31 bits per heavy atom. The normalized spacial score (nSPS) is 9.94. The van der Waals surface area contributed by atoms with Crippen molar-refractivity contribution in [1.29, 1.82) is 0 Å². The van der Waals surface area contributed by atoms with Crippen molar-refractivity contribution in [1.82, 2.24) is 5.32 Å². The van der Waals surface area contributed by atoms with Crippen molar-refractivity contribution >= 4 is 5.91 Å². The lowest BCUT2D eigenvalue weighted by Crippen LogP contribution is -2.28. The molecule has 0 aliphatic heterocycles. The van der Waals surface area contributed by atoms with Crippen LogP contribution in [0.3, 0.4) is 0 Å². The van der Waals surface area contributed by atoms with E-state index in [4.69, 9.17) is 10.5 Å². The molecule has 88 valence electrons. The van der Waals surface area contributed by atoms with Gasteiger partial charge in [-0.3, -0.25) is 4.79 Å². The number of rotatable bonds is 5. The first kappa shape index (κ1) is 12.4. The molecule has 0 unspecified atom stereocenters. The molecule has 3 N–H and O–H groups in total. The highest BCUT2D eigenvalue weighted by atomic mass is 19.1. The largest absolute Gasteiger partial charge is 0.481 e. The predicted octanol–water partition coefficient (Wildman–Crippen LogP) is 0.799. The SMILES string of the molecule is CCNC(=O)COc1ccc(CN)cc1F. The van der Waals surface area contributed by atoms with Crippen LogP contribution in [-0.4, -0.2) is 19.1 Å². The first-order chi connectivity index (χ1) is 7.67. The van der Waals surface area contributed by atoms with E-state index in [0.29, 0.717) is 12.1 Å². The van der Waals surface area contributed by atoms with Gasteiger partial charge in [0.25, 0.3) is 5.91 Å². The van der Waals surface area contributed by atoms with Gasteiger partial charge in [0.2, 0.25) is 0 Å². The summed E-state index contributed by atoms with van der Waals surface area (Å²) in [6.07, 6.45) is 0. The zero-order valence-electron chi connectivity index (χ0n) is 9.13. The van der Waals surface area contributed by atoms with Crippen molar-refractivity contribution in [2.75, 3.05) is 13.2 Å². The zero-order chi connectivity index (χ0) is 12.0. The third-order valence-electron chi connectivity index (χ3n) is 1.96. The number of likely N-dealkylation sites (N-methyl/N-ethyl adjacent to an activating group) is 1. The number of nitrogens with one attached hydrogen (secondary N) is 1. The quantitative estimate of drug-likeness (QED) is 0.780. The fourth-order valence-corrected chi connectivity index (χ4v) is 1.18. The van der Waals surface area contributed by atoms with Gasteiger partial charge in [0, 0.05) is 13.1 Å². The molecule has 0 spiro atoms.